The predicted octanol–water partition coefficient (Wildman–Crippen LogP) is 5.86. The average Bonchev–Trinajstić information content (AvgIpc) is 3.06. The van der Waals surface area contributed by atoms with Crippen LogP contribution in [0.5, 0.6) is 0 Å². The summed E-state index contributed by atoms with van der Waals surface area (Å²) < 4.78 is 0. The van der Waals surface area contributed by atoms with E-state index in [1.54, 1.807) is 0 Å². The molecule has 0 saturated carbocycles. The minimum absolute atomic E-state index is 0.00293. The van der Waals surface area contributed by atoms with Gasteiger partial charge in [0, 0.05) is 32.0 Å². The normalized spacial score (nSPS) is 18.6. The van der Waals surface area contributed by atoms with Crippen molar-refractivity contribution in [1.29, 1.82) is 0 Å². The minimum Gasteiger partial charge on any atom is -0.342 e. The third-order valence-electron chi connectivity index (χ3n) is 9.33. The molecule has 0 bridgehead atoms. The number of nitrogens with one attached hydrogen (secondary N) is 1. The van der Waals surface area contributed by atoms with E-state index in [1.165, 1.54) is 5.56 Å². The Labute approximate surface area is 255 Å². The Morgan fingerprint density at radius 2 is 1.21 bits per heavy atom. The van der Waals surface area contributed by atoms with Crippen molar-refractivity contribution >= 4 is 11.8 Å². The van der Waals surface area contributed by atoms with Crippen molar-refractivity contribution in [3.8, 4) is 0 Å². The number of nitrogens with zero attached hydrogens (tertiary/aromatic N) is 2. The molecule has 220 valence electrons. The van der Waals surface area contributed by atoms with Gasteiger partial charge in [-0.05, 0) is 54.5 Å². The summed E-state index contributed by atoms with van der Waals surface area (Å²) in [7, 11) is 0. The van der Waals surface area contributed by atoms with Crippen LogP contribution in [-0.4, -0.2) is 59.4 Å². The van der Waals surface area contributed by atoms with Gasteiger partial charge in [-0.25, -0.2) is 0 Å². The maximum atomic E-state index is 14.5. The van der Waals surface area contributed by atoms with Crippen LogP contribution in [0.15, 0.2) is 121 Å². The Bertz CT molecular complexity index is 1430. The highest BCUT2D eigenvalue weighted by atomic mass is 16.2. The molecule has 4 aromatic rings. The van der Waals surface area contributed by atoms with Crippen molar-refractivity contribution in [2.75, 3.05) is 26.2 Å². The number of rotatable bonds is 10. The smallest absolute Gasteiger partial charge is 0.246 e. The molecule has 1 atom stereocenters. The first-order valence-corrected chi connectivity index (χ1v) is 15.6. The Balaban J connectivity index is 1.25. The average molecular weight is 572 g/mol. The Morgan fingerprint density at radius 3 is 1.77 bits per heavy atom. The third kappa shape index (κ3) is 6.57. The highest BCUT2D eigenvalue weighted by molar-refractivity contribution is 6.00. The molecular weight excluding hydrogens is 530 g/mol. The zero-order valence-corrected chi connectivity index (χ0v) is 24.8. The molecular formula is C38H41N3O2. The van der Waals surface area contributed by atoms with Gasteiger partial charge in [-0.1, -0.05) is 121 Å². The molecule has 5 heteroatoms. The molecule has 1 unspecified atom stereocenters. The molecule has 1 N–H and O–H groups in total. The lowest BCUT2D eigenvalue weighted by atomic mass is 9.79. The summed E-state index contributed by atoms with van der Waals surface area (Å²) in [5.41, 5.74) is 3.87. The van der Waals surface area contributed by atoms with Gasteiger partial charge >= 0.3 is 0 Å². The summed E-state index contributed by atoms with van der Waals surface area (Å²) in [5.74, 6) is -0.00918. The lowest BCUT2D eigenvalue weighted by Gasteiger charge is -2.52. The molecule has 2 saturated heterocycles. The number of likely N-dealkylation sites (tertiary alicyclic amines) is 1. The van der Waals surface area contributed by atoms with Gasteiger partial charge in [0.1, 0.15) is 11.6 Å². The summed E-state index contributed by atoms with van der Waals surface area (Å²) in [5, 5.41) is 3.19. The van der Waals surface area contributed by atoms with Gasteiger partial charge in [0.15, 0.2) is 0 Å². The standard InChI is InChI=1S/C38H41N3O2/c42-36-35(28-31-16-7-2-8-17-31)39-37(43)38(23-26-40(27-24-38)25-13-18-30-14-5-1-6-15-30)41(36)29-34(32-19-9-3-10-20-32)33-21-11-4-12-22-33/h1-12,14-17,19-22,34-35H,13,18,23-29H2,(H,39,43). The van der Waals surface area contributed by atoms with Crippen molar-refractivity contribution in [2.45, 2.75) is 49.6 Å². The first-order chi connectivity index (χ1) is 21.1. The second kappa shape index (κ2) is 13.4. The van der Waals surface area contributed by atoms with Crippen LogP contribution < -0.4 is 5.32 Å². The summed E-state index contributed by atoms with van der Waals surface area (Å²) >= 11 is 0. The number of piperazine rings is 1. The maximum absolute atomic E-state index is 14.5. The van der Waals surface area contributed by atoms with Crippen LogP contribution in [0.1, 0.15) is 47.4 Å². The van der Waals surface area contributed by atoms with E-state index in [1.807, 2.05) is 47.4 Å². The van der Waals surface area contributed by atoms with Gasteiger partial charge in [-0.3, -0.25) is 9.59 Å². The van der Waals surface area contributed by atoms with Crippen LogP contribution in [0.25, 0.3) is 0 Å². The number of carbonyl (C=O) groups is 2. The molecule has 5 nitrogen and oxygen atoms in total. The molecule has 2 heterocycles. The van der Waals surface area contributed by atoms with Crippen molar-refractivity contribution in [1.82, 2.24) is 15.1 Å². The van der Waals surface area contributed by atoms with Crippen molar-refractivity contribution in [2.24, 2.45) is 0 Å². The topological polar surface area (TPSA) is 52.7 Å². The molecule has 2 amide bonds. The summed E-state index contributed by atoms with van der Waals surface area (Å²) in [6.45, 7) is 3.07. The molecule has 0 radical (unpaired) electrons. The number of benzene rings is 4. The van der Waals surface area contributed by atoms with E-state index in [2.05, 4.69) is 89.1 Å². The molecule has 6 rings (SSSR count). The first-order valence-electron chi connectivity index (χ1n) is 15.6. The number of carbonyl (C=O) groups excluding carboxylic acids is 2. The fraction of sp³-hybridized carbons (Fsp3) is 0.316. The van der Waals surface area contributed by atoms with E-state index in [4.69, 9.17) is 0 Å². The highest BCUT2D eigenvalue weighted by Gasteiger charge is 2.54. The minimum atomic E-state index is -0.845. The lowest BCUT2D eigenvalue weighted by Crippen LogP contribution is -2.73. The maximum Gasteiger partial charge on any atom is 0.246 e. The molecule has 1 spiro atoms. The van der Waals surface area contributed by atoms with E-state index in [9.17, 15) is 9.59 Å². The van der Waals surface area contributed by atoms with Crippen LogP contribution >= 0.6 is 0 Å². The van der Waals surface area contributed by atoms with Crippen LogP contribution in [-0.2, 0) is 22.4 Å². The largest absolute Gasteiger partial charge is 0.342 e. The molecule has 43 heavy (non-hydrogen) atoms. The van der Waals surface area contributed by atoms with Gasteiger partial charge in [0.05, 0.1) is 0 Å². The fourth-order valence-electron chi connectivity index (χ4n) is 6.88. The molecule has 2 aliphatic heterocycles. The predicted molar refractivity (Wildman–Crippen MR) is 172 cm³/mol. The zero-order chi connectivity index (χ0) is 29.5. The van der Waals surface area contributed by atoms with E-state index < -0.39 is 11.6 Å². The van der Waals surface area contributed by atoms with Crippen LogP contribution in [0, 0.1) is 0 Å². The number of aryl methyl sites for hydroxylation is 1. The van der Waals surface area contributed by atoms with Crippen molar-refractivity contribution in [3.05, 3.63) is 144 Å². The van der Waals surface area contributed by atoms with E-state index >= 15 is 0 Å². The summed E-state index contributed by atoms with van der Waals surface area (Å²) in [6.07, 6.45) is 3.90. The Hall–Kier alpha value is -4.22. The third-order valence-corrected chi connectivity index (χ3v) is 9.33. The molecule has 2 fully saturated rings. The summed E-state index contributed by atoms with van der Waals surface area (Å²) in [6, 6.07) is 40.8. The van der Waals surface area contributed by atoms with Gasteiger partial charge in [-0.15, -0.1) is 0 Å². The lowest BCUT2D eigenvalue weighted by molar-refractivity contribution is -0.161. The van der Waals surface area contributed by atoms with Gasteiger partial charge < -0.3 is 15.1 Å². The zero-order valence-electron chi connectivity index (χ0n) is 24.8. The number of piperidine rings is 1. The first kappa shape index (κ1) is 28.9. The van der Waals surface area contributed by atoms with E-state index in [-0.39, 0.29) is 17.7 Å². The SMILES string of the molecule is O=C1C(Cc2ccccc2)NC(=O)C2(CCN(CCCc3ccccc3)CC2)N1CC(c1ccccc1)c1ccccc1. The molecule has 2 aliphatic rings. The number of hydrogen-bond acceptors (Lipinski definition) is 3. The van der Waals surface area contributed by atoms with E-state index in [0.29, 0.717) is 25.8 Å². The van der Waals surface area contributed by atoms with E-state index in [0.717, 1.165) is 49.2 Å². The molecule has 0 aliphatic carbocycles. The highest BCUT2D eigenvalue weighted by Crippen LogP contribution is 2.37. The monoisotopic (exact) mass is 571 g/mol. The van der Waals surface area contributed by atoms with Crippen molar-refractivity contribution in [3.63, 3.8) is 0 Å². The van der Waals surface area contributed by atoms with Crippen LogP contribution in [0.4, 0.5) is 0 Å². The summed E-state index contributed by atoms with van der Waals surface area (Å²) in [4.78, 5) is 33.1. The Morgan fingerprint density at radius 1 is 0.698 bits per heavy atom. The number of amides is 2. The fourth-order valence-corrected chi connectivity index (χ4v) is 6.88. The quantitative estimate of drug-likeness (QED) is 0.260. The second-order valence-electron chi connectivity index (χ2n) is 12.0. The second-order valence-corrected chi connectivity index (χ2v) is 12.0. The molecule has 4 aromatic carbocycles. The molecule has 0 aromatic heterocycles. The van der Waals surface area contributed by atoms with Crippen LogP contribution in [0.3, 0.4) is 0 Å². The Kier molecular flexibility index (Phi) is 8.99. The van der Waals surface area contributed by atoms with Crippen molar-refractivity contribution < 1.29 is 9.59 Å². The van der Waals surface area contributed by atoms with Gasteiger partial charge in [0.2, 0.25) is 11.8 Å². The van der Waals surface area contributed by atoms with Gasteiger partial charge in [-0.2, -0.15) is 0 Å². The van der Waals surface area contributed by atoms with Crippen LogP contribution in [0.2, 0.25) is 0 Å². The number of hydrogen-bond donors (Lipinski definition) is 1. The van der Waals surface area contributed by atoms with Gasteiger partial charge in [0.25, 0.3) is 0 Å².